The SMILES string of the molecule is CN1CC2(CN(C(=O)c3cc4ccccc4[nH]3)C2)OC[C@@H]1C(=O)NCc1cccnc1. The Hall–Kier alpha value is -3.23. The predicted octanol–water partition coefficient (Wildman–Crippen LogP) is 1.40. The largest absolute Gasteiger partial charge is 0.368 e. The number of carbonyl (C=O) groups excluding carboxylic acids is 2. The standard InChI is InChI=1S/C23H25N5O3/c1-27-13-23(31-12-20(27)21(29)25-11-16-5-4-8-24-10-16)14-28(15-23)22(30)19-9-17-6-2-3-7-18(17)26-19/h2-10,20,26H,11-15H2,1H3,(H,25,29)/t20-/m1/s1. The number of hydrogen-bond acceptors (Lipinski definition) is 5. The molecule has 2 N–H and O–H groups in total. The number of likely N-dealkylation sites (N-methyl/N-ethyl adjacent to an activating group) is 1. The molecule has 5 rings (SSSR count). The predicted molar refractivity (Wildman–Crippen MR) is 115 cm³/mol. The van der Waals surface area contributed by atoms with Crippen molar-refractivity contribution in [2.24, 2.45) is 0 Å². The minimum atomic E-state index is -0.406. The van der Waals surface area contributed by atoms with Gasteiger partial charge in [0.25, 0.3) is 5.91 Å². The first-order chi connectivity index (χ1) is 15.0. The van der Waals surface area contributed by atoms with Crippen molar-refractivity contribution in [2.75, 3.05) is 33.3 Å². The highest BCUT2D eigenvalue weighted by atomic mass is 16.5. The highest BCUT2D eigenvalue weighted by Gasteiger charge is 2.51. The van der Waals surface area contributed by atoms with Crippen molar-refractivity contribution in [2.45, 2.75) is 18.2 Å². The molecule has 2 fully saturated rings. The van der Waals surface area contributed by atoms with Gasteiger partial charge in [0.1, 0.15) is 17.3 Å². The summed E-state index contributed by atoms with van der Waals surface area (Å²) >= 11 is 0. The van der Waals surface area contributed by atoms with E-state index in [1.165, 1.54) is 0 Å². The molecule has 160 valence electrons. The van der Waals surface area contributed by atoms with E-state index in [0.29, 0.717) is 38.5 Å². The van der Waals surface area contributed by atoms with E-state index in [9.17, 15) is 9.59 Å². The molecular formula is C23H25N5O3. The fraction of sp³-hybridized carbons (Fsp3) is 0.348. The van der Waals surface area contributed by atoms with Gasteiger partial charge in [-0.3, -0.25) is 19.5 Å². The van der Waals surface area contributed by atoms with Crippen molar-refractivity contribution in [1.29, 1.82) is 0 Å². The Bertz CT molecular complexity index is 1070. The van der Waals surface area contributed by atoms with E-state index in [2.05, 4.69) is 15.3 Å². The Morgan fingerprint density at radius 3 is 2.81 bits per heavy atom. The third-order valence-electron chi connectivity index (χ3n) is 6.11. The number of hydrogen-bond donors (Lipinski definition) is 2. The number of nitrogens with one attached hydrogen (secondary N) is 2. The third-order valence-corrected chi connectivity index (χ3v) is 6.11. The number of fused-ring (bicyclic) bond motifs is 1. The Morgan fingerprint density at radius 1 is 1.23 bits per heavy atom. The summed E-state index contributed by atoms with van der Waals surface area (Å²) in [5.74, 6) is -0.0871. The minimum absolute atomic E-state index is 0.0237. The molecule has 2 amide bonds. The molecule has 2 aliphatic rings. The zero-order valence-electron chi connectivity index (χ0n) is 17.4. The molecule has 1 spiro atoms. The average molecular weight is 419 g/mol. The molecule has 1 aromatic carbocycles. The van der Waals surface area contributed by atoms with Crippen molar-refractivity contribution >= 4 is 22.7 Å². The first-order valence-corrected chi connectivity index (χ1v) is 10.4. The van der Waals surface area contributed by atoms with Crippen LogP contribution in [0, 0.1) is 0 Å². The second kappa shape index (κ2) is 7.79. The number of amides is 2. The van der Waals surface area contributed by atoms with Crippen LogP contribution in [0.4, 0.5) is 0 Å². The van der Waals surface area contributed by atoms with Crippen LogP contribution < -0.4 is 5.32 Å². The van der Waals surface area contributed by atoms with E-state index in [-0.39, 0.29) is 17.9 Å². The molecular weight excluding hydrogens is 394 g/mol. The number of carbonyl (C=O) groups is 2. The summed E-state index contributed by atoms with van der Waals surface area (Å²) in [7, 11) is 1.93. The number of rotatable bonds is 4. The van der Waals surface area contributed by atoms with E-state index in [1.54, 1.807) is 17.3 Å². The monoisotopic (exact) mass is 419 g/mol. The Morgan fingerprint density at radius 2 is 2.06 bits per heavy atom. The molecule has 0 bridgehead atoms. The molecule has 0 unspecified atom stereocenters. The second-order valence-corrected chi connectivity index (χ2v) is 8.44. The highest BCUT2D eigenvalue weighted by Crippen LogP contribution is 2.32. The zero-order chi connectivity index (χ0) is 21.4. The molecule has 2 aromatic heterocycles. The maximum Gasteiger partial charge on any atom is 0.270 e. The lowest BCUT2D eigenvalue weighted by atomic mass is 9.90. The number of aromatic amines is 1. The highest BCUT2D eigenvalue weighted by molar-refractivity contribution is 5.98. The van der Waals surface area contributed by atoms with Crippen molar-refractivity contribution in [3.8, 4) is 0 Å². The van der Waals surface area contributed by atoms with E-state index < -0.39 is 5.60 Å². The molecule has 2 saturated heterocycles. The Balaban J connectivity index is 1.16. The van der Waals surface area contributed by atoms with Gasteiger partial charge in [-0.05, 0) is 30.8 Å². The summed E-state index contributed by atoms with van der Waals surface area (Å²) in [6, 6.07) is 13.2. The van der Waals surface area contributed by atoms with Crippen LogP contribution in [0.25, 0.3) is 10.9 Å². The molecule has 0 radical (unpaired) electrons. The smallest absolute Gasteiger partial charge is 0.270 e. The fourth-order valence-corrected chi connectivity index (χ4v) is 4.42. The Labute approximate surface area is 180 Å². The molecule has 0 saturated carbocycles. The number of nitrogens with zero attached hydrogens (tertiary/aromatic N) is 3. The van der Waals surface area contributed by atoms with Gasteiger partial charge in [0.05, 0.1) is 19.7 Å². The van der Waals surface area contributed by atoms with Crippen molar-refractivity contribution in [1.82, 2.24) is 25.1 Å². The van der Waals surface area contributed by atoms with Crippen LogP contribution in [-0.4, -0.2) is 76.5 Å². The summed E-state index contributed by atoms with van der Waals surface area (Å²) in [6.45, 7) is 2.40. The number of morpholine rings is 1. The van der Waals surface area contributed by atoms with Gasteiger partial charge in [0.15, 0.2) is 0 Å². The number of H-pyrrole nitrogens is 1. The maximum atomic E-state index is 12.9. The van der Waals surface area contributed by atoms with Gasteiger partial charge >= 0.3 is 0 Å². The number of benzene rings is 1. The summed E-state index contributed by atoms with van der Waals surface area (Å²) in [5, 5.41) is 3.98. The van der Waals surface area contributed by atoms with Gasteiger partial charge in [-0.2, -0.15) is 0 Å². The van der Waals surface area contributed by atoms with Gasteiger partial charge in [0.2, 0.25) is 5.91 Å². The summed E-state index contributed by atoms with van der Waals surface area (Å²) in [6.07, 6.45) is 3.45. The summed E-state index contributed by atoms with van der Waals surface area (Å²) in [4.78, 5) is 36.5. The van der Waals surface area contributed by atoms with Gasteiger partial charge in [0, 0.05) is 36.4 Å². The normalized spacial score (nSPS) is 20.5. The van der Waals surface area contributed by atoms with Gasteiger partial charge in [-0.15, -0.1) is 0 Å². The number of pyridine rings is 1. The molecule has 8 nitrogen and oxygen atoms in total. The van der Waals surface area contributed by atoms with Crippen LogP contribution in [0.2, 0.25) is 0 Å². The van der Waals surface area contributed by atoms with Crippen LogP contribution >= 0.6 is 0 Å². The van der Waals surface area contributed by atoms with Crippen molar-refractivity contribution in [3.63, 3.8) is 0 Å². The average Bonchev–Trinajstić information content (AvgIpc) is 3.20. The maximum absolute atomic E-state index is 12.9. The van der Waals surface area contributed by atoms with Crippen LogP contribution in [0.15, 0.2) is 54.9 Å². The number of ether oxygens (including phenoxy) is 1. The lowest BCUT2D eigenvalue weighted by molar-refractivity contribution is -0.187. The van der Waals surface area contributed by atoms with Crippen LogP contribution in [0.5, 0.6) is 0 Å². The topological polar surface area (TPSA) is 90.6 Å². The van der Waals surface area contributed by atoms with E-state index in [1.807, 2.05) is 54.4 Å². The second-order valence-electron chi connectivity index (χ2n) is 8.44. The van der Waals surface area contributed by atoms with E-state index >= 15 is 0 Å². The molecule has 4 heterocycles. The quantitative estimate of drug-likeness (QED) is 0.667. The minimum Gasteiger partial charge on any atom is -0.368 e. The molecule has 1 atom stereocenters. The first-order valence-electron chi connectivity index (χ1n) is 10.4. The molecule has 2 aliphatic heterocycles. The van der Waals surface area contributed by atoms with Crippen LogP contribution in [0.1, 0.15) is 16.1 Å². The van der Waals surface area contributed by atoms with Gasteiger partial charge in [-0.1, -0.05) is 24.3 Å². The van der Waals surface area contributed by atoms with E-state index in [4.69, 9.17) is 4.74 Å². The number of likely N-dealkylation sites (tertiary alicyclic amines) is 1. The van der Waals surface area contributed by atoms with Crippen molar-refractivity contribution in [3.05, 3.63) is 66.1 Å². The number of para-hydroxylation sites is 1. The molecule has 0 aliphatic carbocycles. The summed E-state index contributed by atoms with van der Waals surface area (Å²) < 4.78 is 6.11. The fourth-order valence-electron chi connectivity index (χ4n) is 4.42. The van der Waals surface area contributed by atoms with Crippen LogP contribution in [0.3, 0.4) is 0 Å². The third kappa shape index (κ3) is 3.80. The lowest BCUT2D eigenvalue weighted by Crippen LogP contribution is -2.73. The molecule has 31 heavy (non-hydrogen) atoms. The van der Waals surface area contributed by atoms with Crippen LogP contribution in [-0.2, 0) is 16.1 Å². The Kier molecular flexibility index (Phi) is 4.95. The van der Waals surface area contributed by atoms with Crippen molar-refractivity contribution < 1.29 is 14.3 Å². The number of aromatic nitrogens is 2. The molecule has 8 heteroatoms. The lowest BCUT2D eigenvalue weighted by Gasteiger charge is -2.54. The van der Waals surface area contributed by atoms with Gasteiger partial charge < -0.3 is 19.9 Å². The summed E-state index contributed by atoms with van der Waals surface area (Å²) in [5.41, 5.74) is 2.09. The first kappa shape index (κ1) is 19.7. The molecule has 3 aromatic rings. The zero-order valence-corrected chi connectivity index (χ0v) is 17.4. The van der Waals surface area contributed by atoms with Gasteiger partial charge in [-0.25, -0.2) is 0 Å². The van der Waals surface area contributed by atoms with E-state index in [0.717, 1.165) is 16.5 Å².